The molecule has 0 bridgehead atoms. The van der Waals surface area contributed by atoms with Crippen molar-refractivity contribution >= 4 is 21.4 Å². The fourth-order valence-electron chi connectivity index (χ4n) is 1.58. The Kier molecular flexibility index (Phi) is 2.92. The van der Waals surface area contributed by atoms with Gasteiger partial charge in [0.2, 0.25) is 10.1 Å². The number of methoxy groups -OCH3 is 1. The van der Waals surface area contributed by atoms with E-state index in [4.69, 9.17) is 15.2 Å². The fourth-order valence-corrected chi connectivity index (χ4v) is 2.21. The zero-order valence-corrected chi connectivity index (χ0v) is 10.9. The number of benzene rings is 1. The summed E-state index contributed by atoms with van der Waals surface area (Å²) in [4.78, 5) is 0.658. The predicted molar refractivity (Wildman–Crippen MR) is 70.4 cm³/mol. The quantitative estimate of drug-likeness (QED) is 0.774. The molecule has 7 nitrogen and oxygen atoms in total. The van der Waals surface area contributed by atoms with Gasteiger partial charge in [0.15, 0.2) is 5.82 Å². The highest BCUT2D eigenvalue weighted by Gasteiger charge is 2.10. The molecule has 19 heavy (non-hydrogen) atoms. The number of nitrogens with zero attached hydrogens (tertiary/aromatic N) is 4. The van der Waals surface area contributed by atoms with Gasteiger partial charge < -0.3 is 15.2 Å². The second-order valence-corrected chi connectivity index (χ2v) is 4.70. The van der Waals surface area contributed by atoms with Gasteiger partial charge in [-0.15, -0.1) is 15.3 Å². The van der Waals surface area contributed by atoms with Crippen molar-refractivity contribution in [3.63, 3.8) is 0 Å². The van der Waals surface area contributed by atoms with E-state index in [1.807, 2.05) is 24.3 Å². The van der Waals surface area contributed by atoms with Crippen LogP contribution in [0.4, 0.5) is 5.13 Å². The molecule has 3 rings (SSSR count). The molecule has 2 heterocycles. The van der Waals surface area contributed by atoms with Gasteiger partial charge in [0.1, 0.15) is 18.1 Å². The largest absolute Gasteiger partial charge is 0.497 e. The third-order valence-electron chi connectivity index (χ3n) is 2.50. The summed E-state index contributed by atoms with van der Waals surface area (Å²) >= 11 is 1.28. The number of rotatable bonds is 4. The fraction of sp³-hybridized carbons (Fsp3) is 0.182. The van der Waals surface area contributed by atoms with E-state index in [0.717, 1.165) is 11.5 Å². The maximum Gasteiger partial charge on any atom is 0.236 e. The summed E-state index contributed by atoms with van der Waals surface area (Å²) in [6.07, 6.45) is 0. The van der Waals surface area contributed by atoms with Gasteiger partial charge in [-0.05, 0) is 24.3 Å². The van der Waals surface area contributed by atoms with E-state index in [1.54, 1.807) is 11.6 Å². The topological polar surface area (TPSA) is 87.6 Å². The lowest BCUT2D eigenvalue weighted by molar-refractivity contribution is 0.292. The van der Waals surface area contributed by atoms with Crippen molar-refractivity contribution in [3.05, 3.63) is 30.1 Å². The van der Waals surface area contributed by atoms with Crippen LogP contribution in [0.1, 0.15) is 5.82 Å². The summed E-state index contributed by atoms with van der Waals surface area (Å²) in [7, 11) is 1.62. The van der Waals surface area contributed by atoms with E-state index < -0.39 is 0 Å². The molecule has 0 saturated carbocycles. The van der Waals surface area contributed by atoms with Crippen LogP contribution in [0.3, 0.4) is 0 Å². The van der Waals surface area contributed by atoms with Crippen LogP contribution in [0.2, 0.25) is 0 Å². The van der Waals surface area contributed by atoms with Gasteiger partial charge in [0, 0.05) is 0 Å². The normalized spacial score (nSPS) is 10.8. The van der Waals surface area contributed by atoms with Gasteiger partial charge in [0.25, 0.3) is 0 Å². The standard InChI is InChI=1S/C11H11N5O2S/c1-17-7-2-4-8(5-3-7)18-6-9-13-14-11-16(9)15-10(12)19-11/h2-5H,6H2,1H3,(H2,12,15). The van der Waals surface area contributed by atoms with E-state index in [1.165, 1.54) is 11.3 Å². The van der Waals surface area contributed by atoms with E-state index in [0.29, 0.717) is 15.9 Å². The van der Waals surface area contributed by atoms with Gasteiger partial charge in [-0.2, -0.15) is 4.52 Å². The molecule has 3 aromatic rings. The molecule has 2 aromatic heterocycles. The van der Waals surface area contributed by atoms with Crippen LogP contribution in [0.15, 0.2) is 24.3 Å². The molecule has 0 unspecified atom stereocenters. The summed E-state index contributed by atoms with van der Waals surface area (Å²) < 4.78 is 12.3. The van der Waals surface area contributed by atoms with Crippen molar-refractivity contribution in [2.24, 2.45) is 0 Å². The maximum atomic E-state index is 5.61. The molecule has 0 aliphatic heterocycles. The molecule has 0 fully saturated rings. The second-order valence-electron chi connectivity index (χ2n) is 3.72. The zero-order valence-electron chi connectivity index (χ0n) is 10.1. The molecule has 0 radical (unpaired) electrons. The van der Waals surface area contributed by atoms with Gasteiger partial charge in [0.05, 0.1) is 7.11 Å². The molecule has 0 aliphatic rings. The Bertz CT molecular complexity index is 691. The first kappa shape index (κ1) is 11.7. The number of fused-ring (bicyclic) bond motifs is 1. The van der Waals surface area contributed by atoms with Gasteiger partial charge in [-0.25, -0.2) is 0 Å². The molecule has 8 heteroatoms. The smallest absolute Gasteiger partial charge is 0.236 e. The van der Waals surface area contributed by atoms with E-state index in [9.17, 15) is 0 Å². The Labute approximate surface area is 112 Å². The molecule has 98 valence electrons. The van der Waals surface area contributed by atoms with Crippen LogP contribution in [-0.2, 0) is 6.61 Å². The van der Waals surface area contributed by atoms with Crippen LogP contribution >= 0.6 is 11.3 Å². The molecular formula is C11H11N5O2S. The molecule has 0 amide bonds. The number of anilines is 1. The van der Waals surface area contributed by atoms with E-state index in [2.05, 4.69) is 15.3 Å². The summed E-state index contributed by atoms with van der Waals surface area (Å²) in [5.74, 6) is 2.11. The van der Waals surface area contributed by atoms with Crippen LogP contribution in [0.25, 0.3) is 4.96 Å². The lowest BCUT2D eigenvalue weighted by Gasteiger charge is -2.05. The summed E-state index contributed by atoms with van der Waals surface area (Å²) in [5, 5.41) is 12.5. The second kappa shape index (κ2) is 4.73. The Balaban J connectivity index is 1.74. The summed E-state index contributed by atoms with van der Waals surface area (Å²) in [5.41, 5.74) is 5.61. The van der Waals surface area contributed by atoms with Crippen LogP contribution in [0.5, 0.6) is 11.5 Å². The predicted octanol–water partition coefficient (Wildman–Crippen LogP) is 1.36. The minimum Gasteiger partial charge on any atom is -0.497 e. The molecular weight excluding hydrogens is 266 g/mol. The highest BCUT2D eigenvalue weighted by Crippen LogP contribution is 2.19. The van der Waals surface area contributed by atoms with Crippen LogP contribution in [-0.4, -0.2) is 26.9 Å². The first-order valence-electron chi connectivity index (χ1n) is 5.50. The summed E-state index contributed by atoms with van der Waals surface area (Å²) in [6.45, 7) is 0.274. The number of nitrogens with two attached hydrogens (primary N) is 1. The van der Waals surface area contributed by atoms with Crippen molar-refractivity contribution < 1.29 is 9.47 Å². The van der Waals surface area contributed by atoms with Crippen molar-refractivity contribution in [1.29, 1.82) is 0 Å². The van der Waals surface area contributed by atoms with Gasteiger partial charge in [-0.1, -0.05) is 11.3 Å². The Morgan fingerprint density at radius 1 is 1.21 bits per heavy atom. The highest BCUT2D eigenvalue weighted by atomic mass is 32.1. The lowest BCUT2D eigenvalue weighted by Crippen LogP contribution is -2.02. The molecule has 0 saturated heterocycles. The number of aromatic nitrogens is 4. The molecule has 0 spiro atoms. The molecule has 0 aliphatic carbocycles. The van der Waals surface area contributed by atoms with E-state index in [-0.39, 0.29) is 6.61 Å². The average molecular weight is 277 g/mol. The first-order chi connectivity index (χ1) is 9.26. The van der Waals surface area contributed by atoms with Crippen molar-refractivity contribution in [2.45, 2.75) is 6.61 Å². The monoisotopic (exact) mass is 277 g/mol. The third-order valence-corrected chi connectivity index (χ3v) is 3.23. The minimum absolute atomic E-state index is 0.274. The highest BCUT2D eigenvalue weighted by molar-refractivity contribution is 7.20. The summed E-state index contributed by atoms with van der Waals surface area (Å²) in [6, 6.07) is 7.31. The molecule has 2 N–H and O–H groups in total. The number of hydrogen-bond acceptors (Lipinski definition) is 7. The molecule has 0 atom stereocenters. The van der Waals surface area contributed by atoms with Crippen LogP contribution < -0.4 is 15.2 Å². The van der Waals surface area contributed by atoms with E-state index >= 15 is 0 Å². The van der Waals surface area contributed by atoms with Crippen molar-refractivity contribution in [1.82, 2.24) is 19.8 Å². The average Bonchev–Trinajstić information content (AvgIpc) is 2.96. The Hall–Kier alpha value is -2.35. The maximum absolute atomic E-state index is 5.61. The van der Waals surface area contributed by atoms with Gasteiger partial charge in [-0.3, -0.25) is 0 Å². The number of nitrogen functional groups attached to an aromatic ring is 1. The molecule has 1 aromatic carbocycles. The Morgan fingerprint density at radius 2 is 1.95 bits per heavy atom. The zero-order chi connectivity index (χ0) is 13.2. The van der Waals surface area contributed by atoms with Crippen LogP contribution in [0, 0.1) is 0 Å². The van der Waals surface area contributed by atoms with Crippen molar-refractivity contribution in [3.8, 4) is 11.5 Å². The minimum atomic E-state index is 0.274. The SMILES string of the molecule is COc1ccc(OCc2nnc3sc(N)nn23)cc1. The number of hydrogen-bond donors (Lipinski definition) is 1. The first-order valence-corrected chi connectivity index (χ1v) is 6.31. The number of ether oxygens (including phenoxy) is 2. The Morgan fingerprint density at radius 3 is 2.68 bits per heavy atom. The van der Waals surface area contributed by atoms with Crippen molar-refractivity contribution in [2.75, 3.05) is 12.8 Å². The third kappa shape index (κ3) is 2.29. The lowest BCUT2D eigenvalue weighted by atomic mass is 10.3. The van der Waals surface area contributed by atoms with Gasteiger partial charge >= 0.3 is 0 Å².